The van der Waals surface area contributed by atoms with Gasteiger partial charge in [-0.1, -0.05) is 13.8 Å². The van der Waals surface area contributed by atoms with Crippen LogP contribution in [-0.4, -0.2) is 111 Å². The fourth-order valence-electron chi connectivity index (χ4n) is 4.16. The Morgan fingerprint density at radius 2 is 1.49 bits per heavy atom. The van der Waals surface area contributed by atoms with Crippen molar-refractivity contribution in [2.75, 3.05) is 19.6 Å². The van der Waals surface area contributed by atoms with Gasteiger partial charge >= 0.3 is 17.9 Å². The lowest BCUT2D eigenvalue weighted by Crippen LogP contribution is -2.56. The molecule has 17 nitrogen and oxygen atoms in total. The molecule has 5 amide bonds. The highest BCUT2D eigenvalue weighted by Gasteiger charge is 2.38. The second-order valence-corrected chi connectivity index (χ2v) is 9.91. The van der Waals surface area contributed by atoms with Gasteiger partial charge in [0.2, 0.25) is 29.5 Å². The zero-order valence-corrected chi connectivity index (χ0v) is 22.9. The first-order chi connectivity index (χ1) is 19.2. The Hall–Kier alpha value is -4.28. The Kier molecular flexibility index (Phi) is 14.2. The number of carboxylic acids is 3. The molecule has 0 aliphatic carbocycles. The van der Waals surface area contributed by atoms with Crippen LogP contribution in [0.4, 0.5) is 0 Å². The van der Waals surface area contributed by atoms with Crippen LogP contribution in [0, 0.1) is 5.92 Å². The van der Waals surface area contributed by atoms with Crippen molar-refractivity contribution < 1.29 is 53.7 Å². The first-order valence-electron chi connectivity index (χ1n) is 13.0. The van der Waals surface area contributed by atoms with Crippen LogP contribution in [0.1, 0.15) is 52.4 Å². The minimum Gasteiger partial charge on any atom is -0.481 e. The Labute approximate surface area is 235 Å². The molecule has 0 aromatic carbocycles. The fraction of sp³-hybridized carbons (Fsp3) is 0.667. The molecule has 4 atom stereocenters. The van der Waals surface area contributed by atoms with Crippen LogP contribution in [0.15, 0.2) is 0 Å². The maximum atomic E-state index is 12.9. The van der Waals surface area contributed by atoms with Crippen molar-refractivity contribution in [1.82, 2.24) is 26.2 Å². The van der Waals surface area contributed by atoms with Crippen molar-refractivity contribution >= 4 is 47.4 Å². The number of amides is 5. The smallest absolute Gasteiger partial charge is 0.326 e. The lowest BCUT2D eigenvalue weighted by Gasteiger charge is -2.27. The number of likely N-dealkylation sites (tertiary alicyclic amines) is 1. The van der Waals surface area contributed by atoms with Crippen LogP contribution >= 0.6 is 0 Å². The number of carboxylic acid groups (broad SMARTS) is 3. The highest BCUT2D eigenvalue weighted by molar-refractivity contribution is 5.96. The summed E-state index contributed by atoms with van der Waals surface area (Å²) in [6, 6.07) is -5.22. The van der Waals surface area contributed by atoms with E-state index in [4.69, 9.17) is 10.8 Å². The Balaban J connectivity index is 2.90. The van der Waals surface area contributed by atoms with Crippen molar-refractivity contribution in [1.29, 1.82) is 0 Å². The third-order valence-electron chi connectivity index (χ3n) is 6.08. The lowest BCUT2D eigenvalue weighted by atomic mass is 10.0. The molecule has 9 N–H and O–H groups in total. The summed E-state index contributed by atoms with van der Waals surface area (Å²) < 4.78 is 0. The number of rotatable bonds is 17. The van der Waals surface area contributed by atoms with E-state index < -0.39 is 97.5 Å². The van der Waals surface area contributed by atoms with Gasteiger partial charge in [-0.05, 0) is 31.6 Å². The molecule has 41 heavy (non-hydrogen) atoms. The zero-order chi connectivity index (χ0) is 31.3. The molecule has 0 bridgehead atoms. The number of carbonyl (C=O) groups is 8. The van der Waals surface area contributed by atoms with Gasteiger partial charge in [-0.3, -0.25) is 33.6 Å². The van der Waals surface area contributed by atoms with Crippen molar-refractivity contribution in [3.8, 4) is 0 Å². The minimum atomic E-state index is -1.58. The second-order valence-electron chi connectivity index (χ2n) is 9.91. The summed E-state index contributed by atoms with van der Waals surface area (Å²) in [6.45, 7) is 2.42. The number of hydrogen-bond donors (Lipinski definition) is 8. The molecule has 0 spiro atoms. The molecule has 0 saturated carbocycles. The molecular weight excluding hydrogens is 548 g/mol. The van der Waals surface area contributed by atoms with E-state index in [0.717, 1.165) is 4.90 Å². The third-order valence-corrected chi connectivity index (χ3v) is 6.08. The standard InChI is InChI=1S/C24H38N6O11/c1-12(2)8-14(29-22(38)13(5-6-19(33)34)27-17(31)10-25)21(37)26-11-18(32)28-15(9-20(35)36)23(39)30-7-3-4-16(30)24(40)41/h12-16H,3-11,25H2,1-2H3,(H,26,37)(H,27,31)(H,28,32)(H,29,38)(H,33,34)(H,35,36)(H,40,41)/t13-,14-,15-,16-/m0/s1. The molecule has 1 fully saturated rings. The number of aliphatic carboxylic acids is 3. The summed E-state index contributed by atoms with van der Waals surface area (Å²) in [5, 5.41) is 36.7. The van der Waals surface area contributed by atoms with Crippen LogP contribution in [0.25, 0.3) is 0 Å². The van der Waals surface area contributed by atoms with Gasteiger partial charge in [0.25, 0.3) is 0 Å². The van der Waals surface area contributed by atoms with E-state index in [0.29, 0.717) is 6.42 Å². The van der Waals surface area contributed by atoms with E-state index in [-0.39, 0.29) is 31.7 Å². The molecule has 1 aliphatic rings. The SMILES string of the molecule is CC(C)C[C@H](NC(=O)[C@H](CCC(=O)O)NC(=O)CN)C(=O)NCC(=O)N[C@@H](CC(=O)O)C(=O)N1CCC[C@H]1C(=O)O. The molecule has 0 aromatic heterocycles. The van der Waals surface area contributed by atoms with Crippen molar-refractivity contribution in [2.24, 2.45) is 11.7 Å². The molecule has 1 saturated heterocycles. The highest BCUT2D eigenvalue weighted by atomic mass is 16.4. The summed E-state index contributed by atoms with van der Waals surface area (Å²) in [5.74, 6) is -8.20. The summed E-state index contributed by atoms with van der Waals surface area (Å²) in [4.78, 5) is 97.4. The number of hydrogen-bond acceptors (Lipinski definition) is 9. The molecule has 0 unspecified atom stereocenters. The van der Waals surface area contributed by atoms with Crippen LogP contribution in [0.5, 0.6) is 0 Å². The predicted molar refractivity (Wildman–Crippen MR) is 139 cm³/mol. The molecule has 1 heterocycles. The summed E-state index contributed by atoms with van der Waals surface area (Å²) in [5.41, 5.74) is 5.25. The second kappa shape index (κ2) is 16.7. The normalized spacial score (nSPS) is 16.7. The van der Waals surface area contributed by atoms with E-state index in [1.54, 1.807) is 13.8 Å². The maximum absolute atomic E-state index is 12.9. The zero-order valence-electron chi connectivity index (χ0n) is 22.9. The highest BCUT2D eigenvalue weighted by Crippen LogP contribution is 2.19. The average molecular weight is 587 g/mol. The molecular formula is C24H38N6O11. The van der Waals surface area contributed by atoms with Crippen LogP contribution < -0.4 is 27.0 Å². The topological polar surface area (TPSA) is 275 Å². The van der Waals surface area contributed by atoms with Gasteiger partial charge in [0, 0.05) is 13.0 Å². The summed E-state index contributed by atoms with van der Waals surface area (Å²) in [6.07, 6.45) is -0.875. The van der Waals surface area contributed by atoms with Gasteiger partial charge < -0.3 is 47.2 Å². The average Bonchev–Trinajstić information content (AvgIpc) is 3.38. The van der Waals surface area contributed by atoms with Crippen LogP contribution in [0.3, 0.4) is 0 Å². The first kappa shape index (κ1) is 34.7. The van der Waals surface area contributed by atoms with Gasteiger partial charge in [-0.15, -0.1) is 0 Å². The van der Waals surface area contributed by atoms with Gasteiger partial charge in [0.05, 0.1) is 19.5 Å². The number of nitrogens with zero attached hydrogens (tertiary/aromatic N) is 1. The minimum absolute atomic E-state index is 0.0777. The number of nitrogens with one attached hydrogen (secondary N) is 4. The van der Waals surface area contributed by atoms with Crippen molar-refractivity contribution in [3.63, 3.8) is 0 Å². The van der Waals surface area contributed by atoms with E-state index in [9.17, 15) is 48.6 Å². The molecule has 17 heteroatoms. The quantitative estimate of drug-likeness (QED) is 0.0845. The molecule has 0 aromatic rings. The Morgan fingerprint density at radius 3 is 2.02 bits per heavy atom. The Bertz CT molecular complexity index is 1020. The molecule has 1 aliphatic heterocycles. The van der Waals surface area contributed by atoms with Gasteiger partial charge in [0.15, 0.2) is 0 Å². The van der Waals surface area contributed by atoms with Crippen molar-refractivity contribution in [2.45, 2.75) is 76.5 Å². The van der Waals surface area contributed by atoms with Crippen LogP contribution in [0.2, 0.25) is 0 Å². The molecule has 1 rings (SSSR count). The van der Waals surface area contributed by atoms with E-state index in [2.05, 4.69) is 21.3 Å². The van der Waals surface area contributed by atoms with E-state index in [1.165, 1.54) is 0 Å². The summed E-state index contributed by atoms with van der Waals surface area (Å²) in [7, 11) is 0. The molecule has 230 valence electrons. The number of carbonyl (C=O) groups excluding carboxylic acids is 5. The van der Waals surface area contributed by atoms with Gasteiger partial charge in [-0.2, -0.15) is 0 Å². The monoisotopic (exact) mass is 586 g/mol. The van der Waals surface area contributed by atoms with Gasteiger partial charge in [-0.25, -0.2) is 4.79 Å². The Morgan fingerprint density at radius 1 is 0.854 bits per heavy atom. The largest absolute Gasteiger partial charge is 0.481 e. The first-order valence-corrected chi connectivity index (χ1v) is 13.0. The third kappa shape index (κ3) is 12.2. The van der Waals surface area contributed by atoms with Gasteiger partial charge in [0.1, 0.15) is 24.2 Å². The fourth-order valence-corrected chi connectivity index (χ4v) is 4.16. The van der Waals surface area contributed by atoms with Crippen molar-refractivity contribution in [3.05, 3.63) is 0 Å². The molecule has 0 radical (unpaired) electrons. The summed E-state index contributed by atoms with van der Waals surface area (Å²) >= 11 is 0. The predicted octanol–water partition coefficient (Wildman–Crippen LogP) is -3.02. The maximum Gasteiger partial charge on any atom is 0.326 e. The lowest BCUT2D eigenvalue weighted by molar-refractivity contribution is -0.150. The van der Waals surface area contributed by atoms with E-state index >= 15 is 0 Å². The van der Waals surface area contributed by atoms with E-state index in [1.807, 2.05) is 0 Å². The van der Waals surface area contributed by atoms with Crippen LogP contribution in [-0.2, 0) is 38.4 Å². The number of nitrogens with two attached hydrogens (primary N) is 1.